The van der Waals surface area contributed by atoms with Gasteiger partial charge in [-0.2, -0.15) is 11.8 Å². The first-order valence-electron chi connectivity index (χ1n) is 7.01. The van der Waals surface area contributed by atoms with Gasteiger partial charge in [0, 0.05) is 30.7 Å². The largest absolute Gasteiger partial charge is 0.351 e. The van der Waals surface area contributed by atoms with Crippen LogP contribution in [0.2, 0.25) is 0 Å². The lowest BCUT2D eigenvalue weighted by Crippen LogP contribution is -2.25. The zero-order valence-corrected chi connectivity index (χ0v) is 13.2. The molecule has 21 heavy (non-hydrogen) atoms. The summed E-state index contributed by atoms with van der Waals surface area (Å²) >= 11 is 1.66. The van der Waals surface area contributed by atoms with Gasteiger partial charge in [0.1, 0.15) is 11.6 Å². The van der Waals surface area contributed by atoms with Crippen LogP contribution in [0.5, 0.6) is 0 Å². The number of hydrogen-bond donors (Lipinski definition) is 1. The van der Waals surface area contributed by atoms with Gasteiger partial charge in [0.15, 0.2) is 0 Å². The Balaban J connectivity index is 2.01. The Kier molecular flexibility index (Phi) is 5.80. The molecule has 2 aromatic rings. The quantitative estimate of drug-likeness (QED) is 0.798. The van der Waals surface area contributed by atoms with Gasteiger partial charge in [0.05, 0.1) is 5.75 Å². The van der Waals surface area contributed by atoms with E-state index in [2.05, 4.69) is 22.2 Å². The van der Waals surface area contributed by atoms with E-state index in [1.807, 2.05) is 29.8 Å². The molecule has 2 heterocycles. The normalized spacial score (nSPS) is 10.6. The number of aryl methyl sites for hydroxylation is 1. The highest BCUT2D eigenvalue weighted by Crippen LogP contribution is 2.13. The molecule has 5 nitrogen and oxygen atoms in total. The van der Waals surface area contributed by atoms with Crippen molar-refractivity contribution in [3.05, 3.63) is 42.1 Å². The van der Waals surface area contributed by atoms with Crippen molar-refractivity contribution in [1.29, 1.82) is 0 Å². The number of pyridine rings is 1. The van der Waals surface area contributed by atoms with Gasteiger partial charge < -0.3 is 5.32 Å². The Hall–Kier alpha value is -1.82. The van der Waals surface area contributed by atoms with Gasteiger partial charge >= 0.3 is 0 Å². The van der Waals surface area contributed by atoms with Crippen molar-refractivity contribution in [3.63, 3.8) is 0 Å². The van der Waals surface area contributed by atoms with E-state index in [9.17, 15) is 4.79 Å². The molecule has 0 aliphatic heterocycles. The fourth-order valence-corrected chi connectivity index (χ4v) is 2.66. The van der Waals surface area contributed by atoms with Crippen LogP contribution in [0.3, 0.4) is 0 Å². The zero-order chi connectivity index (χ0) is 15.1. The topological polar surface area (TPSA) is 59.8 Å². The van der Waals surface area contributed by atoms with Crippen LogP contribution in [-0.4, -0.2) is 31.9 Å². The molecule has 0 bridgehead atoms. The monoisotopic (exact) mass is 304 g/mol. The molecule has 1 N–H and O–H groups in total. The van der Waals surface area contributed by atoms with Crippen molar-refractivity contribution in [3.8, 4) is 5.82 Å². The first kappa shape index (κ1) is 15.6. The zero-order valence-electron chi connectivity index (χ0n) is 12.4. The number of carbonyl (C=O) groups is 1. The van der Waals surface area contributed by atoms with Crippen molar-refractivity contribution >= 4 is 17.7 Å². The number of amides is 1. The third kappa shape index (κ3) is 4.32. The molecule has 0 aliphatic carbocycles. The molecule has 0 aliphatic rings. The van der Waals surface area contributed by atoms with Crippen LogP contribution in [-0.2, 0) is 11.3 Å². The fourth-order valence-electron chi connectivity index (χ4n) is 1.94. The van der Waals surface area contributed by atoms with E-state index < -0.39 is 0 Å². The predicted molar refractivity (Wildman–Crippen MR) is 85.6 cm³/mol. The number of nitrogens with one attached hydrogen (secondary N) is 1. The van der Waals surface area contributed by atoms with Crippen LogP contribution < -0.4 is 5.32 Å². The summed E-state index contributed by atoms with van der Waals surface area (Å²) in [5.74, 6) is 3.27. The number of aromatic nitrogens is 3. The number of nitrogens with zero attached hydrogens (tertiary/aromatic N) is 3. The van der Waals surface area contributed by atoms with Gasteiger partial charge in [-0.3, -0.25) is 9.36 Å². The molecule has 0 saturated heterocycles. The lowest BCUT2D eigenvalue weighted by atomic mass is 10.2. The second-order valence-electron chi connectivity index (χ2n) is 4.66. The molecule has 112 valence electrons. The molecule has 1 amide bonds. The van der Waals surface area contributed by atoms with Gasteiger partial charge in [0.25, 0.3) is 0 Å². The average molecular weight is 304 g/mol. The van der Waals surface area contributed by atoms with Crippen molar-refractivity contribution in [2.24, 2.45) is 0 Å². The summed E-state index contributed by atoms with van der Waals surface area (Å²) in [6.07, 6.45) is 6.45. The summed E-state index contributed by atoms with van der Waals surface area (Å²) in [6.45, 7) is 4.52. The summed E-state index contributed by atoms with van der Waals surface area (Å²) in [7, 11) is 0. The van der Waals surface area contributed by atoms with Crippen molar-refractivity contribution in [1.82, 2.24) is 19.9 Å². The molecule has 6 heteroatoms. The molecule has 0 radical (unpaired) electrons. The fraction of sp³-hybridized carbons (Fsp3) is 0.400. The number of rotatable bonds is 7. The molecule has 0 saturated carbocycles. The molecule has 0 unspecified atom stereocenters. The van der Waals surface area contributed by atoms with Gasteiger partial charge in [-0.15, -0.1) is 0 Å². The van der Waals surface area contributed by atoms with Crippen LogP contribution in [0.1, 0.15) is 24.7 Å². The number of carbonyl (C=O) groups excluding carboxylic acids is 1. The van der Waals surface area contributed by atoms with Crippen molar-refractivity contribution in [2.75, 3.05) is 11.5 Å². The van der Waals surface area contributed by atoms with E-state index in [-0.39, 0.29) is 5.91 Å². The minimum absolute atomic E-state index is 0.0607. The highest BCUT2D eigenvalue weighted by atomic mass is 32.2. The molecule has 0 spiro atoms. The third-order valence-electron chi connectivity index (χ3n) is 2.98. The third-order valence-corrected chi connectivity index (χ3v) is 4.14. The second kappa shape index (κ2) is 7.83. The van der Waals surface area contributed by atoms with Gasteiger partial charge in [0.2, 0.25) is 5.91 Å². The van der Waals surface area contributed by atoms with Crippen molar-refractivity contribution < 1.29 is 4.79 Å². The van der Waals surface area contributed by atoms with Gasteiger partial charge in [-0.05, 0) is 25.2 Å². The van der Waals surface area contributed by atoms with E-state index in [0.717, 1.165) is 29.4 Å². The predicted octanol–water partition coefficient (Wildman–Crippen LogP) is 2.34. The van der Waals surface area contributed by atoms with Gasteiger partial charge in [-0.25, -0.2) is 9.97 Å². The first-order chi connectivity index (χ1) is 10.2. The first-order valence-corrected chi connectivity index (χ1v) is 8.16. The smallest absolute Gasteiger partial charge is 0.230 e. The maximum atomic E-state index is 11.8. The Labute approximate surface area is 129 Å². The van der Waals surface area contributed by atoms with Crippen LogP contribution in [0.15, 0.2) is 30.7 Å². The van der Waals surface area contributed by atoms with Gasteiger partial charge in [-0.1, -0.05) is 13.0 Å². The van der Waals surface area contributed by atoms with E-state index in [4.69, 9.17) is 0 Å². The highest BCUT2D eigenvalue weighted by molar-refractivity contribution is 7.99. The van der Waals surface area contributed by atoms with E-state index in [0.29, 0.717) is 12.3 Å². The minimum atomic E-state index is 0.0607. The Morgan fingerprint density at radius 2 is 2.24 bits per heavy atom. The maximum Gasteiger partial charge on any atom is 0.230 e. The number of hydrogen-bond acceptors (Lipinski definition) is 4. The highest BCUT2D eigenvalue weighted by Gasteiger charge is 2.09. The Morgan fingerprint density at radius 3 is 2.95 bits per heavy atom. The van der Waals surface area contributed by atoms with Crippen LogP contribution in [0.25, 0.3) is 5.82 Å². The molecule has 2 aromatic heterocycles. The summed E-state index contributed by atoms with van der Waals surface area (Å²) in [5, 5.41) is 2.95. The standard InChI is InChI=1S/C15H20N4OS/c1-3-9-21-11-14(20)18-10-13-5-4-6-17-15(13)19-8-7-16-12(19)2/h4-8H,3,9-11H2,1-2H3,(H,18,20). The van der Waals surface area contributed by atoms with Crippen LogP contribution >= 0.6 is 11.8 Å². The summed E-state index contributed by atoms with van der Waals surface area (Å²) < 4.78 is 1.92. The maximum absolute atomic E-state index is 11.8. The summed E-state index contributed by atoms with van der Waals surface area (Å²) in [4.78, 5) is 20.4. The van der Waals surface area contributed by atoms with E-state index in [1.165, 1.54) is 0 Å². The summed E-state index contributed by atoms with van der Waals surface area (Å²) in [6, 6.07) is 3.85. The molecule has 2 rings (SSSR count). The van der Waals surface area contributed by atoms with Crippen LogP contribution in [0.4, 0.5) is 0 Å². The Bertz CT molecular complexity index is 597. The van der Waals surface area contributed by atoms with Crippen LogP contribution in [0, 0.1) is 6.92 Å². The summed E-state index contributed by atoms with van der Waals surface area (Å²) in [5.41, 5.74) is 0.979. The molecular weight excluding hydrogens is 284 g/mol. The average Bonchev–Trinajstić information content (AvgIpc) is 2.92. The minimum Gasteiger partial charge on any atom is -0.351 e. The second-order valence-corrected chi connectivity index (χ2v) is 5.77. The lowest BCUT2D eigenvalue weighted by Gasteiger charge is -2.11. The lowest BCUT2D eigenvalue weighted by molar-refractivity contribution is -0.118. The van der Waals surface area contributed by atoms with E-state index >= 15 is 0 Å². The molecule has 0 aromatic carbocycles. The molecule has 0 atom stereocenters. The van der Waals surface area contributed by atoms with Crippen molar-refractivity contribution in [2.45, 2.75) is 26.8 Å². The number of imidazole rings is 1. The molecular formula is C15H20N4OS. The SMILES string of the molecule is CCCSCC(=O)NCc1cccnc1-n1ccnc1C. The Morgan fingerprint density at radius 1 is 1.38 bits per heavy atom. The number of thioether (sulfide) groups is 1. The van der Waals surface area contributed by atoms with E-state index in [1.54, 1.807) is 24.2 Å². The molecule has 0 fully saturated rings.